The highest BCUT2D eigenvalue weighted by atomic mass is 35.5. The lowest BCUT2D eigenvalue weighted by Gasteiger charge is -2.33. The molecule has 9 nitrogen and oxygen atoms in total. The van der Waals surface area contributed by atoms with E-state index in [4.69, 9.17) is 11.6 Å². The maximum Gasteiger partial charge on any atom is 0.293 e. The molecule has 4 rings (SSSR count). The summed E-state index contributed by atoms with van der Waals surface area (Å²) in [6.07, 6.45) is 1.59. The molecule has 2 aliphatic heterocycles. The molecule has 2 aromatic carbocycles. The van der Waals surface area contributed by atoms with E-state index in [1.807, 2.05) is 18.7 Å². The van der Waals surface area contributed by atoms with Gasteiger partial charge in [-0.1, -0.05) is 35.9 Å². The van der Waals surface area contributed by atoms with Crippen LogP contribution in [0.15, 0.2) is 52.3 Å². The summed E-state index contributed by atoms with van der Waals surface area (Å²) in [5.74, 6) is -0.677. The summed E-state index contributed by atoms with van der Waals surface area (Å²) in [5.41, 5.74) is 2.60. The molecule has 0 aromatic heterocycles. The Labute approximate surface area is 231 Å². The standard InChI is InChI=1S/C26H29ClN4O5S2/c1-18-7-8-21(15-19(18)2)38(35,36)30-13-11-29(12-14-30)17-24(32)28-9-10-31-25(33)23(37-26(31)34)16-20-5-3-4-6-22(20)27/h3-8,15-16H,9-14,17H2,1-2H3,(H,28,32)/b23-16-. The number of hydrogen-bond donors (Lipinski definition) is 1. The number of carbonyl (C=O) groups excluding carboxylic acids is 3. The Morgan fingerprint density at radius 1 is 1.05 bits per heavy atom. The summed E-state index contributed by atoms with van der Waals surface area (Å²) >= 11 is 6.98. The summed E-state index contributed by atoms with van der Waals surface area (Å²) in [5, 5.41) is 2.82. The van der Waals surface area contributed by atoms with Crippen LogP contribution in [-0.4, -0.2) is 85.4 Å². The molecule has 0 spiro atoms. The first kappa shape index (κ1) is 28.3. The first-order chi connectivity index (χ1) is 18.1. The minimum absolute atomic E-state index is 0.0538. The molecule has 2 fully saturated rings. The molecule has 202 valence electrons. The summed E-state index contributed by atoms with van der Waals surface area (Å²) in [6, 6.07) is 12.2. The van der Waals surface area contributed by atoms with Crippen molar-refractivity contribution in [3.05, 3.63) is 69.1 Å². The highest BCUT2D eigenvalue weighted by molar-refractivity contribution is 8.18. The Hall–Kier alpha value is -2.70. The third-order valence-electron chi connectivity index (χ3n) is 6.54. The van der Waals surface area contributed by atoms with Crippen LogP contribution in [0.1, 0.15) is 16.7 Å². The monoisotopic (exact) mass is 576 g/mol. The molecule has 38 heavy (non-hydrogen) atoms. The fourth-order valence-electron chi connectivity index (χ4n) is 4.14. The molecule has 0 atom stereocenters. The maximum absolute atomic E-state index is 13.0. The van der Waals surface area contributed by atoms with Gasteiger partial charge in [0.25, 0.3) is 11.1 Å². The van der Waals surface area contributed by atoms with Gasteiger partial charge in [0.05, 0.1) is 16.3 Å². The summed E-state index contributed by atoms with van der Waals surface area (Å²) in [7, 11) is -3.59. The lowest BCUT2D eigenvalue weighted by Crippen LogP contribution is -2.51. The predicted molar refractivity (Wildman–Crippen MR) is 148 cm³/mol. The number of nitrogens with one attached hydrogen (secondary N) is 1. The molecule has 0 unspecified atom stereocenters. The topological polar surface area (TPSA) is 107 Å². The Morgan fingerprint density at radius 3 is 2.45 bits per heavy atom. The minimum Gasteiger partial charge on any atom is -0.353 e. The van der Waals surface area contributed by atoms with Gasteiger partial charge in [-0.2, -0.15) is 4.31 Å². The molecule has 1 N–H and O–H groups in total. The maximum atomic E-state index is 13.0. The first-order valence-corrected chi connectivity index (χ1v) is 14.8. The highest BCUT2D eigenvalue weighted by Crippen LogP contribution is 2.33. The smallest absolute Gasteiger partial charge is 0.293 e. The van der Waals surface area contributed by atoms with Gasteiger partial charge in [-0.05, 0) is 66.6 Å². The van der Waals surface area contributed by atoms with Crippen molar-refractivity contribution in [3.8, 4) is 0 Å². The Morgan fingerprint density at radius 2 is 1.76 bits per heavy atom. The second kappa shape index (κ2) is 12.0. The van der Waals surface area contributed by atoms with E-state index in [9.17, 15) is 22.8 Å². The number of amides is 3. The minimum atomic E-state index is -3.59. The molecule has 0 aliphatic carbocycles. The van der Waals surface area contributed by atoms with Crippen molar-refractivity contribution in [3.63, 3.8) is 0 Å². The van der Waals surface area contributed by atoms with Crippen LogP contribution < -0.4 is 5.32 Å². The summed E-state index contributed by atoms with van der Waals surface area (Å²) in [6.45, 7) is 5.53. The van der Waals surface area contributed by atoms with Crippen LogP contribution in [0.3, 0.4) is 0 Å². The van der Waals surface area contributed by atoms with Crippen LogP contribution >= 0.6 is 23.4 Å². The van der Waals surface area contributed by atoms with E-state index in [1.165, 1.54) is 4.31 Å². The molecule has 2 heterocycles. The molecular formula is C26H29ClN4O5S2. The van der Waals surface area contributed by atoms with Gasteiger partial charge in [-0.25, -0.2) is 8.42 Å². The third-order valence-corrected chi connectivity index (χ3v) is 9.68. The van der Waals surface area contributed by atoms with Crippen LogP contribution in [0.2, 0.25) is 5.02 Å². The molecule has 0 bridgehead atoms. The van der Waals surface area contributed by atoms with E-state index in [0.29, 0.717) is 23.7 Å². The number of thioether (sulfide) groups is 1. The van der Waals surface area contributed by atoms with Gasteiger partial charge in [-0.3, -0.25) is 24.2 Å². The number of benzene rings is 2. The van der Waals surface area contributed by atoms with Crippen LogP contribution in [0.4, 0.5) is 4.79 Å². The van der Waals surface area contributed by atoms with E-state index < -0.39 is 21.2 Å². The van der Waals surface area contributed by atoms with Gasteiger partial charge in [0.15, 0.2) is 0 Å². The number of nitrogens with zero attached hydrogens (tertiary/aromatic N) is 3. The average molecular weight is 577 g/mol. The molecule has 12 heteroatoms. The molecule has 2 aromatic rings. The van der Waals surface area contributed by atoms with Crippen molar-refractivity contribution < 1.29 is 22.8 Å². The fraction of sp³-hybridized carbons (Fsp3) is 0.346. The number of piperazine rings is 1. The Bertz CT molecular complexity index is 1390. The Kier molecular flexibility index (Phi) is 8.94. The third kappa shape index (κ3) is 6.47. The van der Waals surface area contributed by atoms with E-state index in [0.717, 1.165) is 27.8 Å². The number of rotatable bonds is 8. The second-order valence-electron chi connectivity index (χ2n) is 9.13. The van der Waals surface area contributed by atoms with E-state index in [2.05, 4.69) is 5.32 Å². The van der Waals surface area contributed by atoms with Crippen LogP contribution in [-0.2, 0) is 19.6 Å². The van der Waals surface area contributed by atoms with Gasteiger partial charge < -0.3 is 5.32 Å². The van der Waals surface area contributed by atoms with Gasteiger partial charge in [0, 0.05) is 44.3 Å². The van der Waals surface area contributed by atoms with Gasteiger partial charge in [0.2, 0.25) is 15.9 Å². The number of sulfonamides is 1. The van der Waals surface area contributed by atoms with Crippen molar-refractivity contribution in [1.82, 2.24) is 19.4 Å². The highest BCUT2D eigenvalue weighted by Gasteiger charge is 2.35. The van der Waals surface area contributed by atoms with Crippen LogP contribution in [0.25, 0.3) is 6.08 Å². The van der Waals surface area contributed by atoms with Gasteiger partial charge in [0.1, 0.15) is 0 Å². The molecule has 2 aliphatic rings. The number of aryl methyl sites for hydroxylation is 2. The Balaban J connectivity index is 1.23. The summed E-state index contributed by atoms with van der Waals surface area (Å²) in [4.78, 5) is 41.0. The van der Waals surface area contributed by atoms with Gasteiger partial charge >= 0.3 is 0 Å². The van der Waals surface area contributed by atoms with Crippen molar-refractivity contribution in [2.24, 2.45) is 0 Å². The second-order valence-corrected chi connectivity index (χ2v) is 12.5. The first-order valence-electron chi connectivity index (χ1n) is 12.1. The van der Waals surface area contributed by atoms with Crippen molar-refractivity contribution in [2.75, 3.05) is 45.8 Å². The molecular weight excluding hydrogens is 548 g/mol. The van der Waals surface area contributed by atoms with E-state index >= 15 is 0 Å². The van der Waals surface area contributed by atoms with Crippen LogP contribution in [0.5, 0.6) is 0 Å². The van der Waals surface area contributed by atoms with Crippen molar-refractivity contribution >= 4 is 56.5 Å². The molecule has 0 radical (unpaired) electrons. The normalized spacial score (nSPS) is 18.4. The van der Waals surface area contributed by atoms with E-state index in [-0.39, 0.29) is 48.4 Å². The number of carbonyl (C=O) groups is 3. The van der Waals surface area contributed by atoms with Crippen molar-refractivity contribution in [2.45, 2.75) is 18.7 Å². The van der Waals surface area contributed by atoms with E-state index in [1.54, 1.807) is 48.5 Å². The number of hydrogen-bond acceptors (Lipinski definition) is 7. The quantitative estimate of drug-likeness (QED) is 0.481. The lowest BCUT2D eigenvalue weighted by molar-refractivity contribution is -0.125. The molecule has 2 saturated heterocycles. The zero-order valence-electron chi connectivity index (χ0n) is 21.1. The van der Waals surface area contributed by atoms with Gasteiger partial charge in [-0.15, -0.1) is 0 Å². The predicted octanol–water partition coefficient (Wildman–Crippen LogP) is 3.12. The lowest BCUT2D eigenvalue weighted by atomic mass is 10.1. The summed E-state index contributed by atoms with van der Waals surface area (Å²) < 4.78 is 27.4. The zero-order valence-corrected chi connectivity index (χ0v) is 23.5. The molecule has 0 saturated carbocycles. The zero-order chi connectivity index (χ0) is 27.4. The number of imide groups is 1. The largest absolute Gasteiger partial charge is 0.353 e. The SMILES string of the molecule is Cc1ccc(S(=O)(=O)N2CCN(CC(=O)NCCN3C(=O)S/C(=C\c4ccccc4Cl)C3=O)CC2)cc1C. The fourth-order valence-corrected chi connectivity index (χ4v) is 6.70. The molecule has 3 amide bonds. The van der Waals surface area contributed by atoms with Crippen LogP contribution in [0, 0.1) is 13.8 Å². The number of halogens is 1. The van der Waals surface area contributed by atoms with Crippen molar-refractivity contribution in [1.29, 1.82) is 0 Å². The average Bonchev–Trinajstić information content (AvgIpc) is 3.14.